The zero-order valence-electron chi connectivity index (χ0n) is 12.6. The summed E-state index contributed by atoms with van der Waals surface area (Å²) in [5, 5.41) is 4.57. The van der Waals surface area contributed by atoms with Gasteiger partial charge in [-0.1, -0.05) is 20.8 Å². The molecule has 19 heavy (non-hydrogen) atoms. The van der Waals surface area contributed by atoms with Gasteiger partial charge in [-0.3, -0.25) is 0 Å². The fourth-order valence-electron chi connectivity index (χ4n) is 2.38. The average molecular weight is 282 g/mol. The lowest BCUT2D eigenvalue weighted by Crippen LogP contribution is -2.38. The van der Waals surface area contributed by atoms with Crippen molar-refractivity contribution in [1.82, 2.24) is 14.7 Å². The Labute approximate surface area is 120 Å². The van der Waals surface area contributed by atoms with E-state index < -0.39 is 0 Å². The molecule has 0 radical (unpaired) electrons. The largest absolute Gasteiger partial charge is 0.347 e. The van der Waals surface area contributed by atoms with Gasteiger partial charge in [-0.05, 0) is 38.8 Å². The summed E-state index contributed by atoms with van der Waals surface area (Å²) >= 11 is 1.54. The second kappa shape index (κ2) is 6.18. The fourth-order valence-corrected chi connectivity index (χ4v) is 3.31. The molecule has 5 heteroatoms. The topological polar surface area (TPSA) is 41.0 Å². The molecule has 4 nitrogen and oxygen atoms in total. The Hall–Kier alpha value is -0.680. The first-order valence-corrected chi connectivity index (χ1v) is 8.08. The predicted octanol–water partition coefficient (Wildman–Crippen LogP) is 2.66. The van der Waals surface area contributed by atoms with Crippen LogP contribution in [-0.2, 0) is 5.41 Å². The van der Waals surface area contributed by atoms with Gasteiger partial charge in [-0.2, -0.15) is 4.37 Å². The number of aromatic nitrogens is 2. The molecule has 0 aliphatic carbocycles. The monoisotopic (exact) mass is 282 g/mol. The highest BCUT2D eigenvalue weighted by Gasteiger charge is 2.23. The lowest BCUT2D eigenvalue weighted by Gasteiger charge is -2.29. The molecule has 1 aliphatic heterocycles. The lowest BCUT2D eigenvalue weighted by atomic mass is 9.96. The van der Waals surface area contributed by atoms with Crippen molar-refractivity contribution >= 4 is 16.7 Å². The normalized spacial score (nSPS) is 20.5. The van der Waals surface area contributed by atoms with Gasteiger partial charge in [0.15, 0.2) is 0 Å². The molecule has 2 rings (SSSR count). The number of nitrogens with one attached hydrogen (secondary N) is 1. The van der Waals surface area contributed by atoms with E-state index in [1.165, 1.54) is 19.4 Å². The van der Waals surface area contributed by atoms with Crippen LogP contribution in [0.1, 0.15) is 46.4 Å². The molecule has 0 amide bonds. The summed E-state index contributed by atoms with van der Waals surface area (Å²) in [4.78, 5) is 7.11. The van der Waals surface area contributed by atoms with Gasteiger partial charge in [0.25, 0.3) is 0 Å². The van der Waals surface area contributed by atoms with Gasteiger partial charge >= 0.3 is 0 Å². The number of nitrogens with zero attached hydrogens (tertiary/aromatic N) is 3. The minimum absolute atomic E-state index is 0.0422. The zero-order chi connectivity index (χ0) is 13.9. The third-order valence-corrected chi connectivity index (χ3v) is 4.39. The van der Waals surface area contributed by atoms with E-state index in [2.05, 4.69) is 42.3 Å². The van der Waals surface area contributed by atoms with Crippen LogP contribution < -0.4 is 10.2 Å². The highest BCUT2D eigenvalue weighted by molar-refractivity contribution is 7.09. The third-order valence-electron chi connectivity index (χ3n) is 3.62. The van der Waals surface area contributed by atoms with Crippen molar-refractivity contribution in [3.63, 3.8) is 0 Å². The summed E-state index contributed by atoms with van der Waals surface area (Å²) in [5.41, 5.74) is 0.0422. The van der Waals surface area contributed by atoms with Crippen LogP contribution >= 0.6 is 11.5 Å². The quantitative estimate of drug-likeness (QED) is 0.922. The molecule has 0 saturated carbocycles. The van der Waals surface area contributed by atoms with Gasteiger partial charge in [0, 0.05) is 30.0 Å². The fraction of sp³-hybridized carbons (Fsp3) is 0.857. The average Bonchev–Trinajstić information content (AvgIpc) is 2.86. The highest BCUT2D eigenvalue weighted by Crippen LogP contribution is 2.26. The molecule has 108 valence electrons. The summed E-state index contributed by atoms with van der Waals surface area (Å²) in [6.45, 7) is 13.1. The number of anilines is 1. The van der Waals surface area contributed by atoms with E-state index >= 15 is 0 Å². The molecule has 1 aliphatic rings. The van der Waals surface area contributed by atoms with Gasteiger partial charge < -0.3 is 10.2 Å². The standard InChI is InChI=1S/C14H26N4S/c1-5-18(10-11-7-6-8-15-9-11)13-16-12(17-19-13)14(2,3)4/h11,15H,5-10H2,1-4H3. The molecule has 1 aromatic rings. The summed E-state index contributed by atoms with van der Waals surface area (Å²) in [6, 6.07) is 0. The first-order chi connectivity index (χ1) is 9.00. The molecule has 0 spiro atoms. The molecule has 2 heterocycles. The van der Waals surface area contributed by atoms with E-state index in [0.717, 1.165) is 36.5 Å². The molecule has 1 atom stereocenters. The van der Waals surface area contributed by atoms with Crippen molar-refractivity contribution in [3.8, 4) is 0 Å². The van der Waals surface area contributed by atoms with E-state index in [1.807, 2.05) is 0 Å². The first kappa shape index (κ1) is 14.7. The van der Waals surface area contributed by atoms with Crippen molar-refractivity contribution < 1.29 is 0 Å². The Kier molecular flexibility index (Phi) is 4.79. The Balaban J connectivity index is 2.02. The second-order valence-electron chi connectivity index (χ2n) is 6.40. The van der Waals surface area contributed by atoms with Crippen LogP contribution in [0.2, 0.25) is 0 Å². The molecule has 1 aromatic heterocycles. The number of rotatable bonds is 4. The SMILES string of the molecule is CCN(CC1CCCNC1)c1nc(C(C)(C)C)ns1. The van der Waals surface area contributed by atoms with Gasteiger partial charge in [-0.25, -0.2) is 4.98 Å². The molecule has 1 unspecified atom stereocenters. The van der Waals surface area contributed by atoms with Crippen molar-refractivity contribution in [1.29, 1.82) is 0 Å². The van der Waals surface area contributed by atoms with Crippen molar-refractivity contribution in [2.24, 2.45) is 5.92 Å². The van der Waals surface area contributed by atoms with E-state index in [1.54, 1.807) is 11.5 Å². The highest BCUT2D eigenvalue weighted by atomic mass is 32.1. The first-order valence-electron chi connectivity index (χ1n) is 7.30. The van der Waals surface area contributed by atoms with Crippen LogP contribution in [0.25, 0.3) is 0 Å². The maximum atomic E-state index is 4.73. The maximum absolute atomic E-state index is 4.73. The van der Waals surface area contributed by atoms with Gasteiger partial charge in [0.2, 0.25) is 5.13 Å². The van der Waals surface area contributed by atoms with E-state index in [9.17, 15) is 0 Å². The van der Waals surface area contributed by atoms with Crippen LogP contribution in [0.4, 0.5) is 5.13 Å². The van der Waals surface area contributed by atoms with Crippen molar-refractivity contribution in [2.45, 2.75) is 46.0 Å². The van der Waals surface area contributed by atoms with E-state index in [4.69, 9.17) is 4.98 Å². The smallest absolute Gasteiger partial charge is 0.205 e. The van der Waals surface area contributed by atoms with Gasteiger partial charge in [-0.15, -0.1) is 0 Å². The molecule has 1 fully saturated rings. The lowest BCUT2D eigenvalue weighted by molar-refractivity contribution is 0.378. The third kappa shape index (κ3) is 3.89. The van der Waals surface area contributed by atoms with Crippen LogP contribution in [0.3, 0.4) is 0 Å². The van der Waals surface area contributed by atoms with Crippen LogP contribution in [0.15, 0.2) is 0 Å². The minimum atomic E-state index is 0.0422. The summed E-state index contributed by atoms with van der Waals surface area (Å²) in [5.74, 6) is 1.71. The van der Waals surface area contributed by atoms with Gasteiger partial charge in [0.05, 0.1) is 0 Å². The second-order valence-corrected chi connectivity index (χ2v) is 7.13. The molecule has 0 aromatic carbocycles. The molecular weight excluding hydrogens is 256 g/mol. The molecule has 1 N–H and O–H groups in total. The Morgan fingerprint density at radius 1 is 1.42 bits per heavy atom. The minimum Gasteiger partial charge on any atom is -0.347 e. The van der Waals surface area contributed by atoms with Crippen molar-refractivity contribution in [2.75, 3.05) is 31.1 Å². The molecule has 0 bridgehead atoms. The van der Waals surface area contributed by atoms with E-state index in [0.29, 0.717) is 0 Å². The molecular formula is C14H26N4S. The summed E-state index contributed by atoms with van der Waals surface area (Å²) < 4.78 is 4.52. The number of hydrogen-bond acceptors (Lipinski definition) is 5. The number of piperidine rings is 1. The van der Waals surface area contributed by atoms with Gasteiger partial charge in [0.1, 0.15) is 5.82 Å². The van der Waals surface area contributed by atoms with E-state index in [-0.39, 0.29) is 5.41 Å². The predicted molar refractivity (Wildman–Crippen MR) is 82.1 cm³/mol. The zero-order valence-corrected chi connectivity index (χ0v) is 13.4. The van der Waals surface area contributed by atoms with Crippen LogP contribution in [-0.4, -0.2) is 35.5 Å². The van der Waals surface area contributed by atoms with Crippen LogP contribution in [0.5, 0.6) is 0 Å². The Bertz CT molecular complexity index is 390. The Morgan fingerprint density at radius 2 is 2.21 bits per heavy atom. The molecule has 1 saturated heterocycles. The number of hydrogen-bond donors (Lipinski definition) is 1. The summed E-state index contributed by atoms with van der Waals surface area (Å²) in [7, 11) is 0. The summed E-state index contributed by atoms with van der Waals surface area (Å²) in [6.07, 6.45) is 2.63. The van der Waals surface area contributed by atoms with Crippen molar-refractivity contribution in [3.05, 3.63) is 5.82 Å². The van der Waals surface area contributed by atoms with Crippen LogP contribution in [0, 0.1) is 5.92 Å². The Morgan fingerprint density at radius 3 is 2.74 bits per heavy atom. The maximum Gasteiger partial charge on any atom is 0.205 e.